The molecule has 1 amide bonds. The van der Waals surface area contributed by atoms with Gasteiger partial charge in [0.2, 0.25) is 0 Å². The highest BCUT2D eigenvalue weighted by Gasteiger charge is 2.21. The number of sulfone groups is 1. The topological polar surface area (TPSA) is 87.0 Å². The van der Waals surface area contributed by atoms with Gasteiger partial charge in [-0.05, 0) is 12.1 Å². The molecule has 1 heterocycles. The maximum Gasteiger partial charge on any atom is 0.280 e. The molecule has 3 rings (SSSR count). The molecule has 30 heavy (non-hydrogen) atoms. The van der Waals surface area contributed by atoms with Crippen molar-refractivity contribution in [3.8, 4) is 11.5 Å². The third kappa shape index (κ3) is 4.03. The molecule has 0 aliphatic heterocycles. The average Bonchev–Trinajstić information content (AvgIpc) is 3.08. The molecule has 9 heteroatoms. The summed E-state index contributed by atoms with van der Waals surface area (Å²) in [4.78, 5) is 17.6. The zero-order valence-corrected chi connectivity index (χ0v) is 18.5. The number of nitrogens with zero attached hydrogens (tertiary/aromatic N) is 2. The largest absolute Gasteiger partial charge is 0.493 e. The number of methoxy groups -OCH3 is 2. The van der Waals surface area contributed by atoms with Crippen LogP contribution >= 0.6 is 11.3 Å². The van der Waals surface area contributed by atoms with Crippen molar-refractivity contribution >= 4 is 37.3 Å². The summed E-state index contributed by atoms with van der Waals surface area (Å²) in [7, 11) is -0.463. The van der Waals surface area contributed by atoms with Gasteiger partial charge in [0.15, 0.2) is 26.1 Å². The van der Waals surface area contributed by atoms with E-state index in [0.29, 0.717) is 22.8 Å². The summed E-state index contributed by atoms with van der Waals surface area (Å²) in [6, 6.07) is 9.75. The van der Waals surface area contributed by atoms with E-state index >= 15 is 0 Å². The molecule has 0 bridgehead atoms. The van der Waals surface area contributed by atoms with Crippen LogP contribution in [0.25, 0.3) is 10.2 Å². The van der Waals surface area contributed by atoms with E-state index in [0.717, 1.165) is 10.2 Å². The lowest BCUT2D eigenvalue weighted by Crippen LogP contribution is -2.17. The standard InChI is InChI=1S/C21H22N2O5S2/c1-5-11-23-15-12-16(27-3)17(28-4)13-18(15)29-21(23)22-20(24)14-9-7-8-10-19(14)30(25,26)6-2/h5,7-10,12-13H,1,6,11H2,2-4H3. The summed E-state index contributed by atoms with van der Waals surface area (Å²) in [6.45, 7) is 5.73. The molecule has 0 atom stereocenters. The molecule has 0 unspecified atom stereocenters. The summed E-state index contributed by atoms with van der Waals surface area (Å²) >= 11 is 1.30. The van der Waals surface area contributed by atoms with Gasteiger partial charge in [0, 0.05) is 18.7 Å². The predicted molar refractivity (Wildman–Crippen MR) is 117 cm³/mol. The van der Waals surface area contributed by atoms with Crippen LogP contribution in [-0.4, -0.2) is 38.9 Å². The molecule has 0 saturated carbocycles. The fourth-order valence-corrected chi connectivity index (χ4v) is 5.14. The van der Waals surface area contributed by atoms with Crippen molar-refractivity contribution in [1.29, 1.82) is 0 Å². The van der Waals surface area contributed by atoms with Gasteiger partial charge >= 0.3 is 0 Å². The van der Waals surface area contributed by atoms with Crippen LogP contribution in [-0.2, 0) is 16.4 Å². The molecular formula is C21H22N2O5S2. The smallest absolute Gasteiger partial charge is 0.280 e. The van der Waals surface area contributed by atoms with E-state index in [1.165, 1.54) is 23.5 Å². The van der Waals surface area contributed by atoms with Crippen LogP contribution in [0.4, 0.5) is 0 Å². The molecule has 3 aromatic rings. The maximum absolute atomic E-state index is 13.0. The quantitative estimate of drug-likeness (QED) is 0.519. The van der Waals surface area contributed by atoms with E-state index in [9.17, 15) is 13.2 Å². The lowest BCUT2D eigenvalue weighted by molar-refractivity contribution is 0.0994. The molecule has 0 aliphatic carbocycles. The van der Waals surface area contributed by atoms with Crippen LogP contribution in [0.3, 0.4) is 0 Å². The summed E-state index contributed by atoms with van der Waals surface area (Å²) in [5.74, 6) is 0.397. The van der Waals surface area contributed by atoms with Crippen molar-refractivity contribution in [1.82, 2.24) is 4.57 Å². The maximum atomic E-state index is 13.0. The molecule has 158 valence electrons. The zero-order chi connectivity index (χ0) is 21.9. The number of carbonyl (C=O) groups is 1. The van der Waals surface area contributed by atoms with Gasteiger partial charge in [0.1, 0.15) is 0 Å². The molecular weight excluding hydrogens is 424 g/mol. The van der Waals surface area contributed by atoms with Crippen LogP contribution < -0.4 is 14.3 Å². The van der Waals surface area contributed by atoms with E-state index < -0.39 is 15.7 Å². The van der Waals surface area contributed by atoms with Crippen molar-refractivity contribution in [2.24, 2.45) is 4.99 Å². The molecule has 0 radical (unpaired) electrons. The number of ether oxygens (including phenoxy) is 2. The first-order valence-corrected chi connectivity index (χ1v) is 11.6. The highest BCUT2D eigenvalue weighted by molar-refractivity contribution is 7.91. The number of fused-ring (bicyclic) bond motifs is 1. The summed E-state index contributed by atoms with van der Waals surface area (Å²) < 4.78 is 38.2. The summed E-state index contributed by atoms with van der Waals surface area (Å²) in [5.41, 5.74) is 0.857. The van der Waals surface area contributed by atoms with Crippen molar-refractivity contribution in [2.45, 2.75) is 18.4 Å². The number of amides is 1. The highest BCUT2D eigenvalue weighted by Crippen LogP contribution is 2.33. The van der Waals surface area contributed by atoms with Gasteiger partial charge in [-0.15, -0.1) is 6.58 Å². The number of thiazole rings is 1. The van der Waals surface area contributed by atoms with Crippen molar-refractivity contribution < 1.29 is 22.7 Å². The Morgan fingerprint density at radius 2 is 1.87 bits per heavy atom. The molecule has 0 N–H and O–H groups in total. The third-order valence-corrected chi connectivity index (χ3v) is 7.36. The highest BCUT2D eigenvalue weighted by atomic mass is 32.2. The lowest BCUT2D eigenvalue weighted by Gasteiger charge is -2.08. The van der Waals surface area contributed by atoms with E-state index in [1.807, 2.05) is 16.7 Å². The predicted octanol–water partition coefficient (Wildman–Crippen LogP) is 3.44. The van der Waals surface area contributed by atoms with Gasteiger partial charge in [0.05, 0.1) is 40.6 Å². The number of carbonyl (C=O) groups excluding carboxylic acids is 1. The van der Waals surface area contributed by atoms with Crippen LogP contribution in [0.15, 0.2) is 58.9 Å². The fraction of sp³-hybridized carbons (Fsp3) is 0.238. The van der Waals surface area contributed by atoms with Crippen LogP contribution in [0.5, 0.6) is 11.5 Å². The van der Waals surface area contributed by atoms with Crippen molar-refractivity contribution in [2.75, 3.05) is 20.0 Å². The van der Waals surface area contributed by atoms with E-state index in [2.05, 4.69) is 11.6 Å². The van der Waals surface area contributed by atoms with Crippen LogP contribution in [0.2, 0.25) is 0 Å². The molecule has 0 fully saturated rings. The van der Waals surface area contributed by atoms with Gasteiger partial charge in [-0.1, -0.05) is 36.5 Å². The van der Waals surface area contributed by atoms with Crippen molar-refractivity contribution in [3.05, 3.63) is 59.4 Å². The molecule has 7 nitrogen and oxygen atoms in total. The number of benzene rings is 2. The first kappa shape index (κ1) is 21.8. The fourth-order valence-electron chi connectivity index (χ4n) is 3.00. The van der Waals surface area contributed by atoms with Crippen molar-refractivity contribution in [3.63, 3.8) is 0 Å². The number of hydrogen-bond acceptors (Lipinski definition) is 6. The molecule has 0 spiro atoms. The van der Waals surface area contributed by atoms with E-state index in [4.69, 9.17) is 9.47 Å². The Hall–Kier alpha value is -2.91. The van der Waals surface area contributed by atoms with Gasteiger partial charge in [-0.2, -0.15) is 4.99 Å². The first-order chi connectivity index (χ1) is 14.4. The Balaban J connectivity index is 2.23. The Kier molecular flexibility index (Phi) is 6.42. The molecule has 0 saturated heterocycles. The Bertz CT molecular complexity index is 1290. The van der Waals surface area contributed by atoms with E-state index in [1.54, 1.807) is 39.4 Å². The summed E-state index contributed by atoms with van der Waals surface area (Å²) in [6.07, 6.45) is 1.70. The van der Waals surface area contributed by atoms with E-state index in [-0.39, 0.29) is 16.2 Å². The number of hydrogen-bond donors (Lipinski definition) is 0. The molecule has 0 aliphatic rings. The minimum absolute atomic E-state index is 0.0130. The Morgan fingerprint density at radius 1 is 1.20 bits per heavy atom. The second-order valence-electron chi connectivity index (χ2n) is 6.28. The second-order valence-corrected chi connectivity index (χ2v) is 9.53. The second kappa shape index (κ2) is 8.85. The first-order valence-electron chi connectivity index (χ1n) is 9.13. The number of allylic oxidation sites excluding steroid dienone is 1. The van der Waals surface area contributed by atoms with Crippen LogP contribution in [0, 0.1) is 0 Å². The monoisotopic (exact) mass is 446 g/mol. The zero-order valence-electron chi connectivity index (χ0n) is 16.9. The number of rotatable bonds is 7. The normalized spacial score (nSPS) is 12.2. The number of aromatic nitrogens is 1. The summed E-state index contributed by atoms with van der Waals surface area (Å²) in [5, 5.41) is 0. The van der Waals surface area contributed by atoms with Gasteiger partial charge in [0.25, 0.3) is 5.91 Å². The van der Waals surface area contributed by atoms with Gasteiger partial charge in [-0.3, -0.25) is 4.79 Å². The van der Waals surface area contributed by atoms with Gasteiger partial charge in [-0.25, -0.2) is 8.42 Å². The van der Waals surface area contributed by atoms with Gasteiger partial charge < -0.3 is 14.0 Å². The lowest BCUT2D eigenvalue weighted by atomic mass is 10.2. The SMILES string of the molecule is C=CCn1c(=NC(=O)c2ccccc2S(=O)(=O)CC)sc2cc(OC)c(OC)cc21. The average molecular weight is 447 g/mol. The minimum atomic E-state index is -3.56. The Labute approximate surface area is 178 Å². The Morgan fingerprint density at radius 3 is 2.50 bits per heavy atom. The minimum Gasteiger partial charge on any atom is -0.493 e. The third-order valence-electron chi connectivity index (χ3n) is 4.53. The molecule has 2 aromatic carbocycles. The molecule has 1 aromatic heterocycles. The van der Waals surface area contributed by atoms with Crippen LogP contribution in [0.1, 0.15) is 17.3 Å².